The molecule has 0 aromatic carbocycles. The molecule has 0 saturated carbocycles. The Bertz CT molecular complexity index is 236. The molecule has 0 aromatic heterocycles. The maximum absolute atomic E-state index is 11.3. The summed E-state index contributed by atoms with van der Waals surface area (Å²) in [6, 6.07) is 0.181. The summed E-state index contributed by atoms with van der Waals surface area (Å²) in [7, 11) is 0. The zero-order chi connectivity index (χ0) is 9.26. The van der Waals surface area contributed by atoms with Gasteiger partial charge in [0.2, 0.25) is 0 Å². The quantitative estimate of drug-likeness (QED) is 0.516. The molecule has 2 aliphatic heterocycles. The SMILES string of the molecule is O=C1CN(C2CCNC2)C(=O)CO1. The van der Waals surface area contributed by atoms with Gasteiger partial charge in [-0.1, -0.05) is 0 Å². The number of amides is 1. The summed E-state index contributed by atoms with van der Waals surface area (Å²) < 4.78 is 4.63. The Morgan fingerprint density at radius 3 is 3.00 bits per heavy atom. The van der Waals surface area contributed by atoms with Crippen molar-refractivity contribution in [2.45, 2.75) is 12.5 Å². The van der Waals surface area contributed by atoms with Crippen LogP contribution >= 0.6 is 0 Å². The van der Waals surface area contributed by atoms with Crippen molar-refractivity contribution in [2.24, 2.45) is 0 Å². The lowest BCUT2D eigenvalue weighted by Crippen LogP contribution is -2.50. The Balaban J connectivity index is 2.02. The first-order chi connectivity index (χ1) is 6.27. The zero-order valence-electron chi connectivity index (χ0n) is 7.28. The number of rotatable bonds is 1. The van der Waals surface area contributed by atoms with Gasteiger partial charge in [-0.2, -0.15) is 0 Å². The monoisotopic (exact) mass is 184 g/mol. The fraction of sp³-hybridized carbons (Fsp3) is 0.750. The minimum absolute atomic E-state index is 0.0756. The van der Waals surface area contributed by atoms with Gasteiger partial charge in [-0.3, -0.25) is 9.59 Å². The highest BCUT2D eigenvalue weighted by Crippen LogP contribution is 2.11. The average Bonchev–Trinajstić information content (AvgIpc) is 2.61. The van der Waals surface area contributed by atoms with Crippen molar-refractivity contribution in [2.75, 3.05) is 26.2 Å². The largest absolute Gasteiger partial charge is 0.454 e. The van der Waals surface area contributed by atoms with Gasteiger partial charge in [0.05, 0.1) is 0 Å². The summed E-state index contributed by atoms with van der Waals surface area (Å²) in [6.07, 6.45) is 0.930. The van der Waals surface area contributed by atoms with Gasteiger partial charge in [0, 0.05) is 12.6 Å². The molecule has 0 spiro atoms. The number of ether oxygens (including phenoxy) is 1. The highest BCUT2D eigenvalue weighted by molar-refractivity contribution is 5.88. The third-order valence-electron chi connectivity index (χ3n) is 2.45. The molecule has 2 heterocycles. The summed E-state index contributed by atoms with van der Waals surface area (Å²) in [5.74, 6) is -0.375. The van der Waals surface area contributed by atoms with Gasteiger partial charge in [-0.15, -0.1) is 0 Å². The number of hydrogen-bond acceptors (Lipinski definition) is 4. The number of carbonyl (C=O) groups excluding carboxylic acids is 2. The highest BCUT2D eigenvalue weighted by Gasteiger charge is 2.32. The summed E-state index contributed by atoms with van der Waals surface area (Å²) in [5.41, 5.74) is 0. The molecule has 1 unspecified atom stereocenters. The lowest BCUT2D eigenvalue weighted by atomic mass is 10.2. The maximum Gasteiger partial charge on any atom is 0.326 e. The number of carbonyl (C=O) groups is 2. The molecule has 72 valence electrons. The van der Waals surface area contributed by atoms with E-state index in [2.05, 4.69) is 10.1 Å². The van der Waals surface area contributed by atoms with E-state index >= 15 is 0 Å². The molecular weight excluding hydrogens is 172 g/mol. The van der Waals surface area contributed by atoms with Crippen LogP contribution in [0.3, 0.4) is 0 Å². The smallest absolute Gasteiger partial charge is 0.326 e. The lowest BCUT2D eigenvalue weighted by molar-refractivity contribution is -0.164. The fourth-order valence-corrected chi connectivity index (χ4v) is 1.74. The Hall–Kier alpha value is -1.10. The first-order valence-corrected chi connectivity index (χ1v) is 4.43. The second kappa shape index (κ2) is 3.33. The van der Waals surface area contributed by atoms with Gasteiger partial charge in [-0.25, -0.2) is 0 Å². The van der Waals surface area contributed by atoms with E-state index in [-0.39, 0.29) is 31.1 Å². The topological polar surface area (TPSA) is 58.6 Å². The van der Waals surface area contributed by atoms with Crippen molar-refractivity contribution >= 4 is 11.9 Å². The van der Waals surface area contributed by atoms with Gasteiger partial charge in [0.15, 0.2) is 6.61 Å². The third-order valence-corrected chi connectivity index (χ3v) is 2.45. The van der Waals surface area contributed by atoms with E-state index in [1.807, 2.05) is 0 Å². The molecule has 2 saturated heterocycles. The van der Waals surface area contributed by atoms with Gasteiger partial charge in [-0.05, 0) is 13.0 Å². The van der Waals surface area contributed by atoms with E-state index in [0.29, 0.717) is 0 Å². The highest BCUT2D eigenvalue weighted by atomic mass is 16.5. The first-order valence-electron chi connectivity index (χ1n) is 4.43. The first kappa shape index (κ1) is 8.50. The molecule has 2 aliphatic rings. The van der Waals surface area contributed by atoms with Gasteiger partial charge < -0.3 is 15.0 Å². The maximum atomic E-state index is 11.3. The van der Waals surface area contributed by atoms with Crippen LogP contribution in [0.2, 0.25) is 0 Å². The summed E-state index contributed by atoms with van der Waals surface area (Å²) in [4.78, 5) is 23.9. The Morgan fingerprint density at radius 2 is 2.31 bits per heavy atom. The number of nitrogens with zero attached hydrogens (tertiary/aromatic N) is 1. The van der Waals surface area contributed by atoms with E-state index in [0.717, 1.165) is 19.5 Å². The summed E-state index contributed by atoms with van der Waals surface area (Å²) in [6.45, 7) is 1.74. The standard InChI is InChI=1S/C8H12N2O3/c11-7-5-13-8(12)4-10(7)6-1-2-9-3-6/h6,9H,1-5H2. The van der Waals surface area contributed by atoms with Crippen molar-refractivity contribution in [3.05, 3.63) is 0 Å². The molecule has 0 radical (unpaired) electrons. The second-order valence-corrected chi connectivity index (χ2v) is 3.33. The molecule has 5 heteroatoms. The number of morpholine rings is 1. The van der Waals surface area contributed by atoms with E-state index in [4.69, 9.17) is 0 Å². The van der Waals surface area contributed by atoms with Crippen molar-refractivity contribution in [1.82, 2.24) is 10.2 Å². The van der Waals surface area contributed by atoms with Crippen LogP contribution in [0, 0.1) is 0 Å². The predicted octanol–water partition coefficient (Wildman–Crippen LogP) is -1.27. The van der Waals surface area contributed by atoms with Crippen LogP contribution in [0.1, 0.15) is 6.42 Å². The van der Waals surface area contributed by atoms with Crippen LogP contribution in [0.4, 0.5) is 0 Å². The molecule has 2 fully saturated rings. The Kier molecular flexibility index (Phi) is 2.18. The van der Waals surface area contributed by atoms with Crippen LogP contribution in [-0.4, -0.2) is 49.1 Å². The fourth-order valence-electron chi connectivity index (χ4n) is 1.74. The van der Waals surface area contributed by atoms with Gasteiger partial charge in [0.1, 0.15) is 6.54 Å². The summed E-state index contributed by atoms with van der Waals surface area (Å²) >= 11 is 0. The van der Waals surface area contributed by atoms with Crippen LogP contribution in [0.5, 0.6) is 0 Å². The molecule has 0 aliphatic carbocycles. The molecule has 0 bridgehead atoms. The van der Waals surface area contributed by atoms with E-state index in [9.17, 15) is 9.59 Å². The minimum Gasteiger partial charge on any atom is -0.454 e. The molecule has 1 amide bonds. The Morgan fingerprint density at radius 1 is 1.46 bits per heavy atom. The molecule has 1 N–H and O–H groups in total. The van der Waals surface area contributed by atoms with Gasteiger partial charge >= 0.3 is 5.97 Å². The number of esters is 1. The van der Waals surface area contributed by atoms with Crippen LogP contribution < -0.4 is 5.32 Å². The zero-order valence-corrected chi connectivity index (χ0v) is 7.28. The average molecular weight is 184 g/mol. The number of cyclic esters (lactones) is 1. The molecule has 5 nitrogen and oxygen atoms in total. The number of nitrogens with one attached hydrogen (secondary N) is 1. The number of hydrogen-bond donors (Lipinski definition) is 1. The van der Waals surface area contributed by atoms with Crippen molar-refractivity contribution in [1.29, 1.82) is 0 Å². The molecule has 1 atom stereocenters. The van der Waals surface area contributed by atoms with Crippen molar-refractivity contribution in [3.63, 3.8) is 0 Å². The minimum atomic E-state index is -0.300. The van der Waals surface area contributed by atoms with E-state index in [1.54, 1.807) is 4.90 Å². The van der Waals surface area contributed by atoms with E-state index < -0.39 is 0 Å². The second-order valence-electron chi connectivity index (χ2n) is 3.33. The molecule has 13 heavy (non-hydrogen) atoms. The van der Waals surface area contributed by atoms with Crippen molar-refractivity contribution < 1.29 is 14.3 Å². The molecular formula is C8H12N2O3. The van der Waals surface area contributed by atoms with Gasteiger partial charge in [0.25, 0.3) is 5.91 Å². The normalized spacial score (nSPS) is 29.2. The summed E-state index contributed by atoms with van der Waals surface area (Å²) in [5, 5.41) is 3.16. The predicted molar refractivity (Wildman–Crippen MR) is 43.9 cm³/mol. The molecule has 2 rings (SSSR count). The van der Waals surface area contributed by atoms with Crippen molar-refractivity contribution in [3.8, 4) is 0 Å². The molecule has 0 aromatic rings. The Labute approximate surface area is 76.0 Å². The van der Waals surface area contributed by atoms with Crippen LogP contribution in [-0.2, 0) is 14.3 Å². The van der Waals surface area contributed by atoms with Crippen LogP contribution in [0.25, 0.3) is 0 Å². The van der Waals surface area contributed by atoms with E-state index in [1.165, 1.54) is 0 Å². The lowest BCUT2D eigenvalue weighted by Gasteiger charge is -2.30. The van der Waals surface area contributed by atoms with Crippen LogP contribution in [0.15, 0.2) is 0 Å². The third kappa shape index (κ3) is 1.65.